The number of H-pyrrole nitrogens is 1. The van der Waals surface area contributed by atoms with Crippen LogP contribution in [0.4, 0.5) is 0 Å². The molecule has 6 heteroatoms. The molecule has 3 heterocycles. The van der Waals surface area contributed by atoms with Gasteiger partial charge in [0.1, 0.15) is 11.2 Å². The molecular formula is C16H22N4O2. The average molecular weight is 302 g/mol. The summed E-state index contributed by atoms with van der Waals surface area (Å²) in [6, 6.07) is 0.270. The fourth-order valence-corrected chi connectivity index (χ4v) is 3.51. The van der Waals surface area contributed by atoms with E-state index >= 15 is 0 Å². The van der Waals surface area contributed by atoms with Crippen LogP contribution in [0.2, 0.25) is 0 Å². The Morgan fingerprint density at radius 2 is 2.27 bits per heavy atom. The molecule has 0 aromatic carbocycles. The van der Waals surface area contributed by atoms with E-state index in [1.807, 2.05) is 4.68 Å². The Morgan fingerprint density at radius 3 is 3.00 bits per heavy atom. The molecule has 1 aliphatic carbocycles. The van der Waals surface area contributed by atoms with Crippen LogP contribution in [-0.2, 0) is 11.2 Å². The van der Waals surface area contributed by atoms with E-state index in [4.69, 9.17) is 9.72 Å². The number of aromatic amines is 1. The first kappa shape index (κ1) is 13.9. The van der Waals surface area contributed by atoms with Gasteiger partial charge in [0.25, 0.3) is 5.56 Å². The number of hydrogen-bond donors (Lipinski definition) is 1. The van der Waals surface area contributed by atoms with Gasteiger partial charge in [-0.25, -0.2) is 9.67 Å². The van der Waals surface area contributed by atoms with Gasteiger partial charge < -0.3 is 9.72 Å². The fourth-order valence-electron chi connectivity index (χ4n) is 3.51. The summed E-state index contributed by atoms with van der Waals surface area (Å²) in [5.41, 5.74) is 0.669. The summed E-state index contributed by atoms with van der Waals surface area (Å²) in [6.07, 6.45) is 8.40. The molecule has 1 unspecified atom stereocenters. The highest BCUT2D eigenvalue weighted by Gasteiger charge is 2.25. The second kappa shape index (κ2) is 5.50. The molecule has 2 fully saturated rings. The molecule has 2 atom stereocenters. The lowest BCUT2D eigenvalue weighted by Gasteiger charge is -2.27. The molecule has 2 aromatic rings. The van der Waals surface area contributed by atoms with Crippen molar-refractivity contribution < 1.29 is 4.74 Å². The maximum Gasteiger partial charge on any atom is 0.262 e. The Labute approximate surface area is 128 Å². The van der Waals surface area contributed by atoms with E-state index in [-0.39, 0.29) is 17.7 Å². The van der Waals surface area contributed by atoms with Crippen molar-refractivity contribution in [2.45, 2.75) is 57.6 Å². The SMILES string of the molecule is C[C@@H]1CC(n2ncc3c(=O)[nH]c(CC4CCC4)nc32)CCO1. The van der Waals surface area contributed by atoms with Gasteiger partial charge in [-0.3, -0.25) is 4.79 Å². The predicted octanol–water partition coefficient (Wildman–Crippen LogP) is 2.20. The largest absolute Gasteiger partial charge is 0.378 e. The highest BCUT2D eigenvalue weighted by atomic mass is 16.5. The zero-order valence-corrected chi connectivity index (χ0v) is 12.9. The minimum absolute atomic E-state index is 0.0642. The first-order valence-electron chi connectivity index (χ1n) is 8.28. The minimum Gasteiger partial charge on any atom is -0.378 e. The number of rotatable bonds is 3. The van der Waals surface area contributed by atoms with Crippen LogP contribution >= 0.6 is 0 Å². The highest BCUT2D eigenvalue weighted by molar-refractivity contribution is 5.73. The van der Waals surface area contributed by atoms with Crippen molar-refractivity contribution >= 4 is 11.0 Å². The molecule has 1 saturated heterocycles. The van der Waals surface area contributed by atoms with Crippen LogP contribution in [0.15, 0.2) is 11.0 Å². The Balaban J connectivity index is 1.70. The van der Waals surface area contributed by atoms with Crippen LogP contribution in [0.25, 0.3) is 11.0 Å². The van der Waals surface area contributed by atoms with Crippen molar-refractivity contribution in [2.24, 2.45) is 5.92 Å². The van der Waals surface area contributed by atoms with E-state index in [9.17, 15) is 4.79 Å². The van der Waals surface area contributed by atoms with E-state index < -0.39 is 0 Å². The number of nitrogens with zero attached hydrogens (tertiary/aromatic N) is 3. The third-order valence-electron chi connectivity index (χ3n) is 5.02. The molecule has 2 aromatic heterocycles. The van der Waals surface area contributed by atoms with Gasteiger partial charge >= 0.3 is 0 Å². The van der Waals surface area contributed by atoms with Crippen LogP contribution in [0, 0.1) is 5.92 Å². The van der Waals surface area contributed by atoms with Crippen LogP contribution in [0.3, 0.4) is 0 Å². The Hall–Kier alpha value is -1.69. The van der Waals surface area contributed by atoms with Crippen LogP contribution in [0.1, 0.15) is 50.9 Å². The summed E-state index contributed by atoms with van der Waals surface area (Å²) in [6.45, 7) is 2.82. The number of nitrogens with one attached hydrogen (secondary N) is 1. The Kier molecular flexibility index (Phi) is 3.48. The number of ether oxygens (including phenoxy) is 1. The van der Waals surface area contributed by atoms with Gasteiger partial charge in [0, 0.05) is 13.0 Å². The van der Waals surface area contributed by atoms with E-state index in [2.05, 4.69) is 17.0 Å². The van der Waals surface area contributed by atoms with Crippen LogP contribution < -0.4 is 5.56 Å². The molecule has 0 spiro atoms. The van der Waals surface area contributed by atoms with Crippen LogP contribution in [-0.4, -0.2) is 32.5 Å². The first-order chi connectivity index (χ1) is 10.7. The number of hydrogen-bond acceptors (Lipinski definition) is 4. The zero-order valence-electron chi connectivity index (χ0n) is 12.9. The second-order valence-corrected chi connectivity index (χ2v) is 6.70. The minimum atomic E-state index is -0.0642. The summed E-state index contributed by atoms with van der Waals surface area (Å²) in [5.74, 6) is 1.49. The molecule has 0 amide bonds. The van der Waals surface area contributed by atoms with Gasteiger partial charge in [-0.2, -0.15) is 5.10 Å². The molecule has 0 radical (unpaired) electrons. The van der Waals surface area contributed by atoms with Crippen molar-refractivity contribution in [3.8, 4) is 0 Å². The highest BCUT2D eigenvalue weighted by Crippen LogP contribution is 2.29. The predicted molar refractivity (Wildman–Crippen MR) is 82.9 cm³/mol. The number of aromatic nitrogens is 4. The smallest absolute Gasteiger partial charge is 0.262 e. The summed E-state index contributed by atoms with van der Waals surface area (Å²) in [5, 5.41) is 5.04. The van der Waals surface area contributed by atoms with Crippen molar-refractivity contribution in [2.75, 3.05) is 6.61 Å². The van der Waals surface area contributed by atoms with E-state index in [0.717, 1.165) is 37.3 Å². The van der Waals surface area contributed by atoms with Gasteiger partial charge in [0.15, 0.2) is 5.65 Å². The topological polar surface area (TPSA) is 72.8 Å². The van der Waals surface area contributed by atoms with E-state index in [0.29, 0.717) is 11.3 Å². The quantitative estimate of drug-likeness (QED) is 0.943. The fraction of sp³-hybridized carbons (Fsp3) is 0.688. The van der Waals surface area contributed by atoms with Crippen molar-refractivity contribution in [1.82, 2.24) is 19.7 Å². The molecular weight excluding hydrogens is 280 g/mol. The standard InChI is InChI=1S/C16H22N4O2/c1-10-7-12(5-6-22-10)20-15-13(9-17-20)16(21)19-14(18-15)8-11-3-2-4-11/h9-12H,2-8H2,1H3,(H,18,19,21)/t10-,12?/m1/s1. The van der Waals surface area contributed by atoms with Crippen LogP contribution in [0.5, 0.6) is 0 Å². The first-order valence-corrected chi connectivity index (χ1v) is 8.28. The van der Waals surface area contributed by atoms with Gasteiger partial charge in [-0.15, -0.1) is 0 Å². The van der Waals surface area contributed by atoms with E-state index in [1.54, 1.807) is 6.20 Å². The molecule has 0 bridgehead atoms. The van der Waals surface area contributed by atoms with Gasteiger partial charge in [0.05, 0.1) is 18.3 Å². The lowest BCUT2D eigenvalue weighted by Crippen LogP contribution is -2.26. The average Bonchev–Trinajstić information content (AvgIpc) is 2.87. The Bertz CT molecular complexity index is 731. The maximum atomic E-state index is 12.3. The molecule has 118 valence electrons. The monoisotopic (exact) mass is 302 g/mol. The molecule has 1 saturated carbocycles. The summed E-state index contributed by atoms with van der Waals surface area (Å²) < 4.78 is 7.55. The lowest BCUT2D eigenvalue weighted by molar-refractivity contribution is 0.00431. The van der Waals surface area contributed by atoms with Crippen molar-refractivity contribution in [3.63, 3.8) is 0 Å². The van der Waals surface area contributed by atoms with Gasteiger partial charge in [-0.1, -0.05) is 19.3 Å². The molecule has 2 aliphatic rings. The van der Waals surface area contributed by atoms with Crippen molar-refractivity contribution in [1.29, 1.82) is 0 Å². The Morgan fingerprint density at radius 1 is 1.41 bits per heavy atom. The normalized spacial score (nSPS) is 26.2. The lowest BCUT2D eigenvalue weighted by atomic mass is 9.83. The molecule has 6 nitrogen and oxygen atoms in total. The second-order valence-electron chi connectivity index (χ2n) is 6.70. The summed E-state index contributed by atoms with van der Waals surface area (Å²) >= 11 is 0. The third-order valence-corrected chi connectivity index (χ3v) is 5.02. The number of fused-ring (bicyclic) bond motifs is 1. The molecule has 1 aliphatic heterocycles. The maximum absolute atomic E-state index is 12.3. The zero-order chi connectivity index (χ0) is 15.1. The van der Waals surface area contributed by atoms with Crippen molar-refractivity contribution in [3.05, 3.63) is 22.4 Å². The molecule has 22 heavy (non-hydrogen) atoms. The van der Waals surface area contributed by atoms with Gasteiger partial charge in [0.2, 0.25) is 0 Å². The van der Waals surface area contributed by atoms with Gasteiger partial charge in [-0.05, 0) is 25.7 Å². The summed E-state index contributed by atoms with van der Waals surface area (Å²) in [7, 11) is 0. The summed E-state index contributed by atoms with van der Waals surface area (Å²) in [4.78, 5) is 19.9. The molecule has 1 N–H and O–H groups in total. The third kappa shape index (κ3) is 2.45. The van der Waals surface area contributed by atoms with E-state index in [1.165, 1.54) is 19.3 Å². The molecule has 4 rings (SSSR count).